The number of hydrogen-bond donors (Lipinski definition) is 0. The molecular formula is C30H35F6NO3. The molecule has 1 amide bonds. The summed E-state index contributed by atoms with van der Waals surface area (Å²) in [7, 11) is 0. The van der Waals surface area contributed by atoms with E-state index in [0.717, 1.165) is 38.5 Å². The summed E-state index contributed by atoms with van der Waals surface area (Å²) in [4.78, 5) is 26.9. The highest BCUT2D eigenvalue weighted by atomic mass is 19.4. The van der Waals surface area contributed by atoms with Crippen molar-refractivity contribution in [1.29, 1.82) is 0 Å². The summed E-state index contributed by atoms with van der Waals surface area (Å²) in [6.07, 6.45) is -2.88. The zero-order chi connectivity index (χ0) is 28.9. The minimum Gasteiger partial charge on any atom is -0.441 e. The summed E-state index contributed by atoms with van der Waals surface area (Å²) in [5.41, 5.74) is -3.93. The van der Waals surface area contributed by atoms with Crippen LogP contribution in [-0.4, -0.2) is 28.9 Å². The van der Waals surface area contributed by atoms with Crippen molar-refractivity contribution >= 4 is 11.9 Å². The Morgan fingerprint density at radius 3 is 2.20 bits per heavy atom. The predicted molar refractivity (Wildman–Crippen MR) is 133 cm³/mol. The molecule has 4 aliphatic carbocycles. The Bertz CT molecular complexity index is 1200. The maximum Gasteiger partial charge on any atom is 0.416 e. The average molecular weight is 572 g/mol. The lowest BCUT2D eigenvalue weighted by atomic mass is 9.44. The lowest BCUT2D eigenvalue weighted by Crippen LogP contribution is -2.56. The van der Waals surface area contributed by atoms with E-state index in [4.69, 9.17) is 4.74 Å². The Morgan fingerprint density at radius 1 is 0.875 bits per heavy atom. The van der Waals surface area contributed by atoms with Crippen molar-refractivity contribution in [2.24, 2.45) is 34.5 Å². The molecule has 4 nitrogen and oxygen atoms in total. The third-order valence-corrected chi connectivity index (χ3v) is 11.6. The normalized spacial score (nSPS) is 39.6. The minimum atomic E-state index is -4.95. The first-order valence-corrected chi connectivity index (χ1v) is 14.3. The van der Waals surface area contributed by atoms with Gasteiger partial charge in [-0.2, -0.15) is 26.3 Å². The van der Waals surface area contributed by atoms with Crippen molar-refractivity contribution in [3.8, 4) is 0 Å². The van der Waals surface area contributed by atoms with Gasteiger partial charge < -0.3 is 4.74 Å². The highest BCUT2D eigenvalue weighted by Gasteiger charge is 2.63. The van der Waals surface area contributed by atoms with Crippen LogP contribution in [0.5, 0.6) is 0 Å². The van der Waals surface area contributed by atoms with E-state index in [2.05, 4.69) is 13.8 Å². The van der Waals surface area contributed by atoms with Gasteiger partial charge in [0.1, 0.15) is 11.4 Å². The van der Waals surface area contributed by atoms with Crippen LogP contribution in [0.3, 0.4) is 0 Å². The fourth-order valence-corrected chi connectivity index (χ4v) is 9.46. The number of fused-ring (bicyclic) bond motifs is 5. The number of ether oxygens (including phenoxy) is 1. The molecule has 5 aliphatic rings. The zero-order valence-corrected chi connectivity index (χ0v) is 22.8. The van der Waals surface area contributed by atoms with E-state index in [1.807, 2.05) is 0 Å². The average Bonchev–Trinajstić information content (AvgIpc) is 3.33. The Kier molecular flexibility index (Phi) is 6.18. The maximum atomic E-state index is 13.3. The molecule has 1 aromatic rings. The van der Waals surface area contributed by atoms with E-state index in [1.165, 1.54) is 4.90 Å². The first-order valence-electron chi connectivity index (χ1n) is 14.3. The number of rotatable bonds is 2. The molecule has 0 radical (unpaired) electrons. The van der Waals surface area contributed by atoms with Gasteiger partial charge in [0, 0.05) is 18.4 Å². The number of benzene rings is 1. The number of carbonyl (C=O) groups excluding carboxylic acids is 2. The molecule has 1 aromatic carbocycles. The maximum absolute atomic E-state index is 13.3. The molecule has 220 valence electrons. The number of alkyl halides is 6. The molecule has 6 rings (SSSR count). The summed E-state index contributed by atoms with van der Waals surface area (Å²) in [5.74, 6) is 2.17. The van der Waals surface area contributed by atoms with Crippen molar-refractivity contribution < 1.29 is 40.7 Å². The number of halogens is 6. The fraction of sp³-hybridized carbons (Fsp3) is 0.733. The fourth-order valence-electron chi connectivity index (χ4n) is 9.46. The van der Waals surface area contributed by atoms with Crippen molar-refractivity contribution in [2.75, 3.05) is 6.54 Å². The number of nitrogens with zero attached hydrogens (tertiary/aromatic N) is 1. The quantitative estimate of drug-likeness (QED) is 0.338. The van der Waals surface area contributed by atoms with Gasteiger partial charge in [-0.25, -0.2) is 4.79 Å². The lowest BCUT2D eigenvalue weighted by molar-refractivity contribution is -0.149. The van der Waals surface area contributed by atoms with E-state index in [0.29, 0.717) is 60.9 Å². The molecule has 4 saturated carbocycles. The lowest BCUT2D eigenvalue weighted by Gasteiger charge is -2.61. The number of amides is 1. The summed E-state index contributed by atoms with van der Waals surface area (Å²) in [6, 6.07) is 1.45. The van der Waals surface area contributed by atoms with E-state index >= 15 is 0 Å². The van der Waals surface area contributed by atoms with Crippen LogP contribution in [0.4, 0.5) is 31.1 Å². The molecule has 0 unspecified atom stereocenters. The van der Waals surface area contributed by atoms with Gasteiger partial charge in [0.15, 0.2) is 0 Å². The van der Waals surface area contributed by atoms with Crippen molar-refractivity contribution in [3.63, 3.8) is 0 Å². The Morgan fingerprint density at radius 2 is 1.55 bits per heavy atom. The van der Waals surface area contributed by atoms with E-state index in [9.17, 15) is 35.9 Å². The number of ketones is 1. The molecule has 40 heavy (non-hydrogen) atoms. The number of carbonyl (C=O) groups is 2. The molecule has 10 heteroatoms. The van der Waals surface area contributed by atoms with Crippen molar-refractivity contribution in [2.45, 2.75) is 96.1 Å². The second kappa shape index (κ2) is 8.87. The van der Waals surface area contributed by atoms with Gasteiger partial charge in [-0.1, -0.05) is 13.8 Å². The van der Waals surface area contributed by atoms with Crippen molar-refractivity contribution in [1.82, 2.24) is 4.90 Å². The van der Waals surface area contributed by atoms with Crippen LogP contribution < -0.4 is 0 Å². The van der Waals surface area contributed by atoms with Crippen molar-refractivity contribution in [3.05, 3.63) is 34.9 Å². The smallest absolute Gasteiger partial charge is 0.416 e. The monoisotopic (exact) mass is 571 g/mol. The molecule has 7 atom stereocenters. The molecule has 0 bridgehead atoms. The van der Waals surface area contributed by atoms with Gasteiger partial charge in [-0.05, 0) is 104 Å². The number of Topliss-reactive ketones (excluding diaryl/α,β-unsaturated/α-hetero) is 1. The third-order valence-electron chi connectivity index (χ3n) is 11.6. The first-order chi connectivity index (χ1) is 18.5. The second-order valence-electron chi connectivity index (χ2n) is 13.6. The number of hydrogen-bond acceptors (Lipinski definition) is 3. The summed E-state index contributed by atoms with van der Waals surface area (Å²) < 4.78 is 86.0. The van der Waals surface area contributed by atoms with Gasteiger partial charge in [0.25, 0.3) is 0 Å². The minimum absolute atomic E-state index is 0.0591. The highest BCUT2D eigenvalue weighted by molar-refractivity contribution is 5.87. The Hall–Kier alpha value is -2.26. The summed E-state index contributed by atoms with van der Waals surface area (Å²) in [6.45, 7) is 4.27. The van der Waals surface area contributed by atoms with Crippen LogP contribution >= 0.6 is 0 Å². The molecule has 0 N–H and O–H groups in total. The van der Waals surface area contributed by atoms with Crippen LogP contribution in [-0.2, 0) is 28.4 Å². The zero-order valence-electron chi connectivity index (χ0n) is 22.8. The predicted octanol–water partition coefficient (Wildman–Crippen LogP) is 8.03. The summed E-state index contributed by atoms with van der Waals surface area (Å²) in [5, 5.41) is 0. The second-order valence-corrected chi connectivity index (χ2v) is 13.6. The molecule has 1 saturated heterocycles. The largest absolute Gasteiger partial charge is 0.441 e. The molecule has 1 aliphatic heterocycles. The van der Waals surface area contributed by atoms with Crippen LogP contribution in [0, 0.1) is 34.5 Å². The van der Waals surface area contributed by atoms with Gasteiger partial charge in [0.2, 0.25) is 0 Å². The standard InChI is InChI=1S/C30H35F6NO3/c1-26-9-10-28(14-18(26)3-4-21-22-5-6-24(38)27(22,2)8-7-23(21)26)16-37(25(39)40-28)15-17-11-19(29(31,32)33)13-20(12-17)30(34,35)36/h11-13,18,21-23H,3-10,14-16H2,1-2H3/t18-,21-,22-,23-,26-,27-,28+/m0/s1. The van der Waals surface area contributed by atoms with E-state index < -0.39 is 35.2 Å². The molecule has 1 heterocycles. The van der Waals surface area contributed by atoms with Crippen LogP contribution in [0.15, 0.2) is 18.2 Å². The molecule has 0 aromatic heterocycles. The van der Waals surface area contributed by atoms with Crippen LogP contribution in [0.1, 0.15) is 88.3 Å². The third kappa shape index (κ3) is 4.34. The van der Waals surface area contributed by atoms with Gasteiger partial charge >= 0.3 is 18.4 Å². The van der Waals surface area contributed by atoms with Crippen LogP contribution in [0.25, 0.3) is 0 Å². The van der Waals surface area contributed by atoms with Gasteiger partial charge in [-0.15, -0.1) is 0 Å². The van der Waals surface area contributed by atoms with Crippen LogP contribution in [0.2, 0.25) is 0 Å². The van der Waals surface area contributed by atoms with E-state index in [1.54, 1.807) is 0 Å². The van der Waals surface area contributed by atoms with E-state index in [-0.39, 0.29) is 35.5 Å². The molecule has 1 spiro atoms. The van der Waals surface area contributed by atoms with Gasteiger partial charge in [-0.3, -0.25) is 9.69 Å². The molecular weight excluding hydrogens is 536 g/mol. The Balaban J connectivity index is 1.19. The highest BCUT2D eigenvalue weighted by Crippen LogP contribution is 2.66. The topological polar surface area (TPSA) is 46.6 Å². The van der Waals surface area contributed by atoms with Gasteiger partial charge in [0.05, 0.1) is 17.7 Å². The summed E-state index contributed by atoms with van der Waals surface area (Å²) >= 11 is 0. The first kappa shape index (κ1) is 27.9. The molecule has 5 fully saturated rings. The SMILES string of the molecule is C[C@]12CC[C@@]3(C[C@@H]1CC[C@@H]1[C@@H]2CC[C@]2(C)C(=O)CC[C@@H]12)CN(Cc1cc(C(F)(F)F)cc(C(F)(F)F)c1)C(=O)O3. The Labute approximate surface area is 229 Å².